The summed E-state index contributed by atoms with van der Waals surface area (Å²) in [6, 6.07) is 8.03. The normalized spacial score (nSPS) is 12.1. The number of hydrogen-bond acceptors (Lipinski definition) is 3. The molecule has 0 aliphatic heterocycles. The average molecular weight is 205 g/mol. The first-order chi connectivity index (χ1) is 6.88. The van der Waals surface area contributed by atoms with Gasteiger partial charge in [0, 0.05) is 19.8 Å². The lowest BCUT2D eigenvalue weighted by molar-refractivity contribution is 0.552. The van der Waals surface area contributed by atoms with E-state index in [1.165, 1.54) is 5.69 Å². The Morgan fingerprint density at radius 1 is 1.00 bits per heavy atom. The molecule has 3 heteroatoms. The fourth-order valence-corrected chi connectivity index (χ4v) is 1.03. The van der Waals surface area contributed by atoms with Crippen molar-refractivity contribution in [3.05, 3.63) is 24.3 Å². The topological polar surface area (TPSA) is 28.0 Å². The zero-order chi connectivity index (χ0) is 11.5. The van der Waals surface area contributed by atoms with E-state index < -0.39 is 0 Å². The Morgan fingerprint density at radius 3 is 1.93 bits per heavy atom. The molecule has 0 amide bonds. The molecule has 1 aromatic carbocycles. The van der Waals surface area contributed by atoms with Crippen molar-refractivity contribution in [3.8, 4) is 0 Å². The zero-order valence-corrected chi connectivity index (χ0v) is 10.2. The predicted molar refractivity (Wildman–Crippen MR) is 65.0 cm³/mol. The Kier molecular flexibility index (Phi) is 3.45. The minimum atomic E-state index is -0.111. The minimum Gasteiger partial charge on any atom is -0.378 e. The van der Waals surface area contributed by atoms with Crippen molar-refractivity contribution in [1.29, 1.82) is 0 Å². The molecule has 1 rings (SSSR count). The van der Waals surface area contributed by atoms with E-state index >= 15 is 0 Å². The highest BCUT2D eigenvalue weighted by Crippen LogP contribution is 2.20. The van der Waals surface area contributed by atoms with Gasteiger partial charge in [0.2, 0.25) is 0 Å². The molecule has 0 unspecified atom stereocenters. The van der Waals surface area contributed by atoms with Gasteiger partial charge in [-0.3, -0.25) is 0 Å². The van der Waals surface area contributed by atoms with Crippen LogP contribution >= 0.6 is 0 Å². The third kappa shape index (κ3) is 4.11. The van der Waals surface area contributed by atoms with Crippen LogP contribution < -0.4 is 4.90 Å². The first-order valence-corrected chi connectivity index (χ1v) is 5.09. The molecule has 0 aliphatic carbocycles. The molecule has 3 nitrogen and oxygen atoms in total. The van der Waals surface area contributed by atoms with Crippen LogP contribution in [0.2, 0.25) is 0 Å². The van der Waals surface area contributed by atoms with Gasteiger partial charge in [-0.15, -0.1) is 0 Å². The van der Waals surface area contributed by atoms with Crippen molar-refractivity contribution >= 4 is 11.4 Å². The Morgan fingerprint density at radius 2 is 1.53 bits per heavy atom. The number of hydrogen-bond donors (Lipinski definition) is 0. The highest BCUT2D eigenvalue weighted by Gasteiger charge is 2.06. The van der Waals surface area contributed by atoms with Crippen molar-refractivity contribution in [2.24, 2.45) is 10.2 Å². The highest BCUT2D eigenvalue weighted by atomic mass is 15.1. The molecule has 0 saturated heterocycles. The fraction of sp³-hybridized carbons (Fsp3) is 0.500. The van der Waals surface area contributed by atoms with E-state index in [2.05, 4.69) is 15.1 Å². The number of azo groups is 1. The molecule has 0 fully saturated rings. The van der Waals surface area contributed by atoms with Crippen LogP contribution in [0.25, 0.3) is 0 Å². The maximum Gasteiger partial charge on any atom is 0.0854 e. The first-order valence-electron chi connectivity index (χ1n) is 5.09. The maximum absolute atomic E-state index is 4.21. The van der Waals surface area contributed by atoms with Gasteiger partial charge in [-0.25, -0.2) is 0 Å². The highest BCUT2D eigenvalue weighted by molar-refractivity contribution is 5.51. The van der Waals surface area contributed by atoms with Crippen LogP contribution in [0.5, 0.6) is 0 Å². The Hall–Kier alpha value is -1.38. The van der Waals surface area contributed by atoms with Gasteiger partial charge in [-0.2, -0.15) is 10.2 Å². The van der Waals surface area contributed by atoms with Crippen molar-refractivity contribution in [1.82, 2.24) is 0 Å². The van der Waals surface area contributed by atoms with Crippen molar-refractivity contribution in [3.63, 3.8) is 0 Å². The van der Waals surface area contributed by atoms with Crippen LogP contribution in [0, 0.1) is 0 Å². The van der Waals surface area contributed by atoms with E-state index in [1.54, 1.807) is 0 Å². The van der Waals surface area contributed by atoms with Gasteiger partial charge < -0.3 is 4.90 Å². The second-order valence-electron chi connectivity index (χ2n) is 4.78. The quantitative estimate of drug-likeness (QED) is 0.677. The van der Waals surface area contributed by atoms with Gasteiger partial charge in [0.1, 0.15) is 0 Å². The Labute approximate surface area is 91.8 Å². The van der Waals surface area contributed by atoms with E-state index in [0.717, 1.165) is 5.69 Å². The predicted octanol–water partition coefficient (Wildman–Crippen LogP) is 3.63. The van der Waals surface area contributed by atoms with Gasteiger partial charge in [-0.05, 0) is 45.0 Å². The molecule has 0 saturated carbocycles. The number of rotatable bonds is 2. The van der Waals surface area contributed by atoms with Crippen LogP contribution in [-0.4, -0.2) is 19.6 Å². The zero-order valence-electron chi connectivity index (χ0n) is 10.2. The van der Waals surface area contributed by atoms with E-state index in [-0.39, 0.29) is 5.54 Å². The summed E-state index contributed by atoms with van der Waals surface area (Å²) in [5, 5.41) is 8.40. The summed E-state index contributed by atoms with van der Waals surface area (Å²) in [5.41, 5.74) is 1.96. The Balaban J connectivity index is 2.77. The third-order valence-corrected chi connectivity index (χ3v) is 1.83. The van der Waals surface area contributed by atoms with E-state index in [1.807, 2.05) is 59.1 Å². The molecule has 0 spiro atoms. The molecule has 1 aromatic rings. The summed E-state index contributed by atoms with van der Waals surface area (Å²) in [6.07, 6.45) is 0. The molecule has 0 heterocycles. The van der Waals surface area contributed by atoms with E-state index in [0.29, 0.717) is 0 Å². The number of anilines is 1. The van der Waals surface area contributed by atoms with Crippen molar-refractivity contribution in [2.45, 2.75) is 26.3 Å². The largest absolute Gasteiger partial charge is 0.378 e. The molecule has 15 heavy (non-hydrogen) atoms. The summed E-state index contributed by atoms with van der Waals surface area (Å²) in [6.45, 7) is 6.10. The number of nitrogens with zero attached hydrogens (tertiary/aromatic N) is 3. The minimum absolute atomic E-state index is 0.111. The van der Waals surface area contributed by atoms with Crippen molar-refractivity contribution in [2.75, 3.05) is 19.0 Å². The van der Waals surface area contributed by atoms with Crippen LogP contribution in [0.1, 0.15) is 20.8 Å². The third-order valence-electron chi connectivity index (χ3n) is 1.83. The SMILES string of the molecule is CN(C)c1ccc(N=NC(C)(C)C)cc1. The summed E-state index contributed by atoms with van der Waals surface area (Å²) < 4.78 is 0. The summed E-state index contributed by atoms with van der Waals surface area (Å²) >= 11 is 0. The number of benzene rings is 1. The van der Waals surface area contributed by atoms with Gasteiger partial charge in [-0.1, -0.05) is 0 Å². The van der Waals surface area contributed by atoms with Gasteiger partial charge in [0.15, 0.2) is 0 Å². The molecule has 0 bridgehead atoms. The standard InChI is InChI=1S/C12H19N3/c1-12(2,3)14-13-10-6-8-11(9-7-10)15(4)5/h6-9H,1-5H3. The maximum atomic E-state index is 4.21. The van der Waals surface area contributed by atoms with Crippen molar-refractivity contribution < 1.29 is 0 Å². The van der Waals surface area contributed by atoms with Crippen LogP contribution in [0.15, 0.2) is 34.5 Å². The summed E-state index contributed by atoms with van der Waals surface area (Å²) in [7, 11) is 4.04. The molecule has 0 N–H and O–H groups in total. The second-order valence-corrected chi connectivity index (χ2v) is 4.78. The lowest BCUT2D eigenvalue weighted by Crippen LogP contribution is -2.08. The van der Waals surface area contributed by atoms with Gasteiger partial charge in [0.05, 0.1) is 11.2 Å². The molecule has 82 valence electrons. The average Bonchev–Trinajstić information content (AvgIpc) is 2.14. The fourth-order valence-electron chi connectivity index (χ4n) is 1.03. The van der Waals surface area contributed by atoms with Crippen LogP contribution in [0.4, 0.5) is 11.4 Å². The molecule has 0 aromatic heterocycles. The first kappa shape index (κ1) is 11.7. The lowest BCUT2D eigenvalue weighted by atomic mass is 10.1. The summed E-state index contributed by atoms with van der Waals surface area (Å²) in [4.78, 5) is 2.06. The van der Waals surface area contributed by atoms with E-state index in [4.69, 9.17) is 0 Å². The Bertz CT molecular complexity index is 331. The van der Waals surface area contributed by atoms with Gasteiger partial charge >= 0.3 is 0 Å². The monoisotopic (exact) mass is 205 g/mol. The van der Waals surface area contributed by atoms with Crippen LogP contribution in [-0.2, 0) is 0 Å². The molecular weight excluding hydrogens is 186 g/mol. The van der Waals surface area contributed by atoms with Gasteiger partial charge in [0.25, 0.3) is 0 Å². The smallest absolute Gasteiger partial charge is 0.0854 e. The summed E-state index contributed by atoms with van der Waals surface area (Å²) in [5.74, 6) is 0. The van der Waals surface area contributed by atoms with Crippen LogP contribution in [0.3, 0.4) is 0 Å². The van der Waals surface area contributed by atoms with E-state index in [9.17, 15) is 0 Å². The molecular formula is C12H19N3. The molecule has 0 radical (unpaired) electrons. The molecule has 0 atom stereocenters. The second kappa shape index (κ2) is 4.43. The molecule has 0 aliphatic rings. The lowest BCUT2D eigenvalue weighted by Gasteiger charge is -2.12.